The number of nitrogens with zero attached hydrogens (tertiary/aromatic N) is 2. The van der Waals surface area contributed by atoms with Crippen molar-refractivity contribution < 1.29 is 24.3 Å². The zero-order valence-electron chi connectivity index (χ0n) is 16.9. The molecule has 2 aromatic carbocycles. The number of imide groups is 1. The van der Waals surface area contributed by atoms with Crippen molar-refractivity contribution in [2.75, 3.05) is 13.1 Å². The zero-order valence-corrected chi connectivity index (χ0v) is 16.9. The average molecular weight is 418 g/mol. The van der Waals surface area contributed by atoms with Crippen molar-refractivity contribution in [1.29, 1.82) is 0 Å². The summed E-state index contributed by atoms with van der Waals surface area (Å²) in [6.07, 6.45) is 1.71. The molecule has 1 aliphatic carbocycles. The van der Waals surface area contributed by atoms with Crippen molar-refractivity contribution in [1.82, 2.24) is 9.80 Å². The van der Waals surface area contributed by atoms with Crippen LogP contribution in [-0.2, 0) is 16.0 Å². The third kappa shape index (κ3) is 3.03. The number of aliphatic carboxylic acids is 1. The molecule has 2 aromatic rings. The van der Waals surface area contributed by atoms with Gasteiger partial charge in [0.05, 0.1) is 35.5 Å². The summed E-state index contributed by atoms with van der Waals surface area (Å²) in [6, 6.07) is 14.0. The maximum atomic E-state index is 13.3. The molecule has 7 nitrogen and oxygen atoms in total. The van der Waals surface area contributed by atoms with Gasteiger partial charge in [0.15, 0.2) is 0 Å². The molecule has 0 unspecified atom stereocenters. The highest BCUT2D eigenvalue weighted by atomic mass is 16.4. The molecule has 158 valence electrons. The molecule has 2 aliphatic heterocycles. The number of fused-ring (bicyclic) bond motifs is 2. The highest BCUT2D eigenvalue weighted by Gasteiger charge is 2.46. The Labute approximate surface area is 179 Å². The van der Waals surface area contributed by atoms with Crippen LogP contribution in [0.3, 0.4) is 0 Å². The fourth-order valence-electron chi connectivity index (χ4n) is 4.99. The van der Waals surface area contributed by atoms with Gasteiger partial charge in [-0.3, -0.25) is 24.1 Å². The van der Waals surface area contributed by atoms with Crippen molar-refractivity contribution in [2.24, 2.45) is 11.8 Å². The molecule has 0 radical (unpaired) electrons. The van der Waals surface area contributed by atoms with Crippen LogP contribution in [0.15, 0.2) is 48.5 Å². The quantitative estimate of drug-likeness (QED) is 0.770. The summed E-state index contributed by atoms with van der Waals surface area (Å²) in [6.45, 7) is 0.492. The lowest BCUT2D eigenvalue weighted by Gasteiger charge is -2.43. The standard InChI is InChI=1S/C24H22N2O5/c27-21(18-9-10-19(18)24(30)31)25-12-11-14-5-1-2-6-15(14)20(25)13-26-22(28)16-7-3-4-8-17(16)23(26)29/h1-8,18-20H,9-13H2,(H,30,31)/t18-,19+,20-/m1/s1. The molecule has 1 N–H and O–H groups in total. The third-order valence-corrected chi connectivity index (χ3v) is 6.84. The Hall–Kier alpha value is -3.48. The lowest BCUT2D eigenvalue weighted by Crippen LogP contribution is -2.52. The number of benzene rings is 2. The van der Waals surface area contributed by atoms with E-state index < -0.39 is 23.8 Å². The molecule has 0 saturated heterocycles. The Kier molecular flexibility index (Phi) is 4.61. The monoisotopic (exact) mass is 418 g/mol. The highest BCUT2D eigenvalue weighted by Crippen LogP contribution is 2.40. The first-order chi connectivity index (χ1) is 15.0. The van der Waals surface area contributed by atoms with Crippen molar-refractivity contribution in [3.8, 4) is 0 Å². The first-order valence-corrected chi connectivity index (χ1v) is 10.5. The second-order valence-electron chi connectivity index (χ2n) is 8.39. The normalized spacial score (nSPS) is 24.5. The number of carboxylic acids is 1. The summed E-state index contributed by atoms with van der Waals surface area (Å²) in [5, 5.41) is 9.41. The molecular formula is C24H22N2O5. The number of hydrogen-bond acceptors (Lipinski definition) is 4. The van der Waals surface area contributed by atoms with Crippen LogP contribution in [0, 0.1) is 11.8 Å². The maximum absolute atomic E-state index is 13.3. The minimum Gasteiger partial charge on any atom is -0.481 e. The summed E-state index contributed by atoms with van der Waals surface area (Å²) in [4.78, 5) is 53.6. The smallest absolute Gasteiger partial charge is 0.307 e. The number of carbonyl (C=O) groups excluding carboxylic acids is 3. The second-order valence-corrected chi connectivity index (χ2v) is 8.39. The van der Waals surface area contributed by atoms with E-state index in [1.54, 1.807) is 29.2 Å². The van der Waals surface area contributed by atoms with Gasteiger partial charge in [-0.15, -0.1) is 0 Å². The van der Waals surface area contributed by atoms with Gasteiger partial charge in [0.2, 0.25) is 5.91 Å². The highest BCUT2D eigenvalue weighted by molar-refractivity contribution is 6.21. The third-order valence-electron chi connectivity index (χ3n) is 6.84. The summed E-state index contributed by atoms with van der Waals surface area (Å²) in [7, 11) is 0. The van der Waals surface area contributed by atoms with Crippen molar-refractivity contribution in [3.05, 3.63) is 70.8 Å². The molecule has 0 aromatic heterocycles. The van der Waals surface area contributed by atoms with Gasteiger partial charge in [-0.1, -0.05) is 36.4 Å². The van der Waals surface area contributed by atoms with E-state index in [1.165, 1.54) is 4.90 Å². The van der Waals surface area contributed by atoms with E-state index in [0.29, 0.717) is 36.9 Å². The van der Waals surface area contributed by atoms with Crippen molar-refractivity contribution >= 4 is 23.7 Å². The number of hydrogen-bond donors (Lipinski definition) is 1. The molecule has 0 bridgehead atoms. The van der Waals surface area contributed by atoms with Crippen molar-refractivity contribution in [2.45, 2.75) is 25.3 Å². The van der Waals surface area contributed by atoms with Crippen LogP contribution in [0.5, 0.6) is 0 Å². The van der Waals surface area contributed by atoms with E-state index in [1.807, 2.05) is 24.3 Å². The maximum Gasteiger partial charge on any atom is 0.307 e. The molecule has 3 aliphatic rings. The number of carboxylic acid groups (broad SMARTS) is 1. The summed E-state index contributed by atoms with van der Waals surface area (Å²) >= 11 is 0. The van der Waals surface area contributed by atoms with E-state index in [2.05, 4.69) is 0 Å². The Bertz CT molecular complexity index is 1080. The fourth-order valence-corrected chi connectivity index (χ4v) is 4.99. The number of carbonyl (C=O) groups is 4. The lowest BCUT2D eigenvalue weighted by atomic mass is 9.72. The fraction of sp³-hybridized carbons (Fsp3) is 0.333. The molecule has 5 rings (SSSR count). The first kappa shape index (κ1) is 19.5. The summed E-state index contributed by atoms with van der Waals surface area (Å²) in [5.74, 6) is -3.07. The van der Waals surface area contributed by atoms with E-state index in [4.69, 9.17) is 0 Å². The van der Waals surface area contributed by atoms with Gasteiger partial charge in [-0.05, 0) is 42.5 Å². The van der Waals surface area contributed by atoms with Crippen LogP contribution in [-0.4, -0.2) is 51.7 Å². The van der Waals surface area contributed by atoms with Gasteiger partial charge in [0.1, 0.15) is 0 Å². The number of amides is 3. The summed E-state index contributed by atoms with van der Waals surface area (Å²) < 4.78 is 0. The van der Waals surface area contributed by atoms with Crippen LogP contribution in [0.1, 0.15) is 50.7 Å². The Morgan fingerprint density at radius 2 is 1.52 bits per heavy atom. The molecule has 3 atom stereocenters. The number of rotatable bonds is 4. The molecule has 2 heterocycles. The zero-order chi connectivity index (χ0) is 21.7. The predicted molar refractivity (Wildman–Crippen MR) is 110 cm³/mol. The second kappa shape index (κ2) is 7.34. The predicted octanol–water partition coefficient (Wildman–Crippen LogP) is 2.52. The molecule has 0 spiro atoms. The molecular weight excluding hydrogens is 396 g/mol. The first-order valence-electron chi connectivity index (χ1n) is 10.5. The van der Waals surface area contributed by atoms with Crippen molar-refractivity contribution in [3.63, 3.8) is 0 Å². The van der Waals surface area contributed by atoms with Crippen LogP contribution < -0.4 is 0 Å². The minimum absolute atomic E-state index is 0.0551. The van der Waals surface area contributed by atoms with E-state index >= 15 is 0 Å². The summed E-state index contributed by atoms with van der Waals surface area (Å²) in [5.41, 5.74) is 2.74. The molecule has 31 heavy (non-hydrogen) atoms. The molecule has 1 saturated carbocycles. The molecule has 1 fully saturated rings. The molecule has 3 amide bonds. The lowest BCUT2D eigenvalue weighted by molar-refractivity contribution is -0.158. The minimum atomic E-state index is -0.945. The largest absolute Gasteiger partial charge is 0.481 e. The molecule has 7 heteroatoms. The SMILES string of the molecule is O=C(O)[C@H]1CC[C@H]1C(=O)N1CCc2ccccc2[C@H]1CN1C(=O)c2ccccc2C1=O. The Morgan fingerprint density at radius 1 is 0.903 bits per heavy atom. The van der Waals surface area contributed by atoms with Crippen LogP contribution in [0.25, 0.3) is 0 Å². The van der Waals surface area contributed by atoms with Gasteiger partial charge < -0.3 is 10.0 Å². The van der Waals surface area contributed by atoms with Gasteiger partial charge in [0, 0.05) is 6.54 Å². The van der Waals surface area contributed by atoms with E-state index in [9.17, 15) is 24.3 Å². The Balaban J connectivity index is 1.48. The average Bonchev–Trinajstić information content (AvgIpc) is 2.98. The van der Waals surface area contributed by atoms with Crippen LogP contribution in [0.2, 0.25) is 0 Å². The van der Waals surface area contributed by atoms with Crippen LogP contribution in [0.4, 0.5) is 0 Å². The van der Waals surface area contributed by atoms with Gasteiger partial charge in [-0.25, -0.2) is 0 Å². The van der Waals surface area contributed by atoms with Gasteiger partial charge >= 0.3 is 5.97 Å². The Morgan fingerprint density at radius 3 is 2.13 bits per heavy atom. The van der Waals surface area contributed by atoms with Gasteiger partial charge in [0.25, 0.3) is 11.8 Å². The van der Waals surface area contributed by atoms with Crippen LogP contribution >= 0.6 is 0 Å². The van der Waals surface area contributed by atoms with E-state index in [0.717, 1.165) is 11.1 Å². The topological polar surface area (TPSA) is 95.0 Å². The van der Waals surface area contributed by atoms with Gasteiger partial charge in [-0.2, -0.15) is 0 Å². The van der Waals surface area contributed by atoms with E-state index in [-0.39, 0.29) is 24.3 Å².